The van der Waals surface area contributed by atoms with Gasteiger partial charge in [0.25, 0.3) is 0 Å². The van der Waals surface area contributed by atoms with E-state index < -0.39 is 0 Å². The maximum Gasteiger partial charge on any atom is 0.222 e. The number of likely N-dealkylation sites (tertiary alicyclic amines) is 1. The predicted molar refractivity (Wildman–Crippen MR) is 78.8 cm³/mol. The van der Waals surface area contributed by atoms with Gasteiger partial charge in [-0.1, -0.05) is 35.0 Å². The Hall–Kier alpha value is -0.870. The summed E-state index contributed by atoms with van der Waals surface area (Å²) in [5.74, 6) is 0.449. The maximum atomic E-state index is 12.1. The Morgan fingerprint density at radius 3 is 2.74 bits per heavy atom. The summed E-state index contributed by atoms with van der Waals surface area (Å²) in [5, 5.41) is 9.81. The largest absolute Gasteiger partial charge is 0.391 e. The summed E-state index contributed by atoms with van der Waals surface area (Å²) in [6, 6.07) is 8.05. The summed E-state index contributed by atoms with van der Waals surface area (Å²) in [6.45, 7) is 3.30. The van der Waals surface area contributed by atoms with Crippen LogP contribution in [0.1, 0.15) is 25.3 Å². The quantitative estimate of drug-likeness (QED) is 0.928. The summed E-state index contributed by atoms with van der Waals surface area (Å²) in [4.78, 5) is 13.9. The van der Waals surface area contributed by atoms with E-state index in [9.17, 15) is 9.90 Å². The zero-order valence-electron chi connectivity index (χ0n) is 11.2. The van der Waals surface area contributed by atoms with E-state index in [1.54, 1.807) is 4.90 Å². The monoisotopic (exact) mass is 325 g/mol. The summed E-state index contributed by atoms with van der Waals surface area (Å²) in [6.07, 6.45) is 1.80. The van der Waals surface area contributed by atoms with E-state index in [-0.39, 0.29) is 12.0 Å². The minimum atomic E-state index is -0.370. The van der Waals surface area contributed by atoms with Crippen molar-refractivity contribution in [2.45, 2.75) is 32.3 Å². The van der Waals surface area contributed by atoms with Crippen molar-refractivity contribution in [2.75, 3.05) is 13.1 Å². The van der Waals surface area contributed by atoms with Gasteiger partial charge >= 0.3 is 0 Å². The molecule has 1 aliphatic heterocycles. The Bertz CT molecular complexity index is 432. The molecule has 19 heavy (non-hydrogen) atoms. The normalized spacial score (nSPS) is 23.4. The molecular weight excluding hydrogens is 306 g/mol. The molecule has 2 rings (SSSR count). The highest BCUT2D eigenvalue weighted by Crippen LogP contribution is 2.18. The highest BCUT2D eigenvalue weighted by Gasteiger charge is 2.26. The van der Waals surface area contributed by atoms with Crippen LogP contribution in [0.2, 0.25) is 0 Å². The lowest BCUT2D eigenvalue weighted by molar-refractivity contribution is -0.135. The molecule has 4 heteroatoms. The van der Waals surface area contributed by atoms with Crippen LogP contribution < -0.4 is 0 Å². The molecule has 1 amide bonds. The van der Waals surface area contributed by atoms with Crippen LogP contribution in [0.3, 0.4) is 0 Å². The van der Waals surface area contributed by atoms with Crippen molar-refractivity contribution in [3.05, 3.63) is 34.3 Å². The fourth-order valence-corrected chi connectivity index (χ4v) is 2.60. The Morgan fingerprint density at radius 1 is 1.42 bits per heavy atom. The van der Waals surface area contributed by atoms with Crippen LogP contribution in [0.25, 0.3) is 0 Å². The number of amides is 1. The fraction of sp³-hybridized carbons (Fsp3) is 0.533. The molecular formula is C15H20BrNO2. The Kier molecular flexibility index (Phi) is 4.99. The molecule has 2 unspecified atom stereocenters. The number of benzene rings is 1. The second-order valence-electron chi connectivity index (χ2n) is 5.30. The van der Waals surface area contributed by atoms with Crippen LogP contribution in [0.5, 0.6) is 0 Å². The predicted octanol–water partition coefficient (Wildman–Crippen LogP) is 2.61. The van der Waals surface area contributed by atoms with Crippen LogP contribution in [0.4, 0.5) is 0 Å². The van der Waals surface area contributed by atoms with Gasteiger partial charge in [0, 0.05) is 24.0 Å². The van der Waals surface area contributed by atoms with Gasteiger partial charge in [0.05, 0.1) is 6.10 Å². The summed E-state index contributed by atoms with van der Waals surface area (Å²) in [7, 11) is 0. The van der Waals surface area contributed by atoms with Crippen LogP contribution in [0, 0.1) is 5.92 Å². The van der Waals surface area contributed by atoms with Gasteiger partial charge in [-0.2, -0.15) is 0 Å². The lowest BCUT2D eigenvalue weighted by atomic mass is 9.95. The number of aryl methyl sites for hydroxylation is 1. The minimum absolute atomic E-state index is 0.147. The number of aliphatic hydroxyl groups excluding tert-OH is 1. The SMILES string of the molecule is CC1CCN(C(=O)CCc2ccc(Br)cc2)CC1O. The third-order valence-corrected chi connectivity index (χ3v) is 4.34. The summed E-state index contributed by atoms with van der Waals surface area (Å²) < 4.78 is 1.05. The van der Waals surface area contributed by atoms with Crippen molar-refractivity contribution in [1.29, 1.82) is 0 Å². The molecule has 1 aromatic carbocycles. The summed E-state index contributed by atoms with van der Waals surface area (Å²) >= 11 is 3.40. The first kappa shape index (κ1) is 14.5. The van der Waals surface area contributed by atoms with E-state index >= 15 is 0 Å². The minimum Gasteiger partial charge on any atom is -0.391 e. The first-order valence-corrected chi connectivity index (χ1v) is 7.56. The molecule has 0 radical (unpaired) electrons. The maximum absolute atomic E-state index is 12.1. The molecule has 0 spiro atoms. The molecule has 1 fully saturated rings. The van der Waals surface area contributed by atoms with Crippen molar-refractivity contribution in [2.24, 2.45) is 5.92 Å². The third-order valence-electron chi connectivity index (χ3n) is 3.81. The van der Waals surface area contributed by atoms with Gasteiger partial charge in [-0.15, -0.1) is 0 Å². The van der Waals surface area contributed by atoms with Gasteiger partial charge in [0.1, 0.15) is 0 Å². The Labute approximate surface area is 122 Å². The van der Waals surface area contributed by atoms with Gasteiger partial charge in [-0.05, 0) is 36.5 Å². The highest BCUT2D eigenvalue weighted by molar-refractivity contribution is 9.10. The number of β-amino-alcohol motifs (C(OH)–C–C–N with tert-alkyl or cyclic N) is 1. The lowest BCUT2D eigenvalue weighted by Gasteiger charge is -2.34. The van der Waals surface area contributed by atoms with Crippen LogP contribution >= 0.6 is 15.9 Å². The molecule has 0 aliphatic carbocycles. The van der Waals surface area contributed by atoms with E-state index in [1.807, 2.05) is 31.2 Å². The van der Waals surface area contributed by atoms with E-state index in [1.165, 1.54) is 5.56 Å². The van der Waals surface area contributed by atoms with E-state index in [0.29, 0.717) is 18.9 Å². The number of hydrogen-bond acceptors (Lipinski definition) is 2. The number of carbonyl (C=O) groups is 1. The smallest absolute Gasteiger partial charge is 0.222 e. The second-order valence-corrected chi connectivity index (χ2v) is 6.22. The zero-order chi connectivity index (χ0) is 13.8. The standard InChI is InChI=1S/C15H20BrNO2/c1-11-8-9-17(10-14(11)18)15(19)7-4-12-2-5-13(16)6-3-12/h2-3,5-6,11,14,18H,4,7-10H2,1H3. The third kappa shape index (κ3) is 4.05. The first-order chi connectivity index (χ1) is 9.06. The van der Waals surface area contributed by atoms with Crippen LogP contribution in [-0.4, -0.2) is 35.1 Å². The molecule has 1 aliphatic rings. The van der Waals surface area contributed by atoms with Crippen molar-refractivity contribution in [1.82, 2.24) is 4.90 Å². The van der Waals surface area contributed by atoms with Crippen LogP contribution in [0.15, 0.2) is 28.7 Å². The Balaban J connectivity index is 1.83. The number of aliphatic hydroxyl groups is 1. The second kappa shape index (κ2) is 6.53. The molecule has 0 bridgehead atoms. The van der Waals surface area contributed by atoms with Gasteiger partial charge in [0.15, 0.2) is 0 Å². The zero-order valence-corrected chi connectivity index (χ0v) is 12.8. The highest BCUT2D eigenvalue weighted by atomic mass is 79.9. The molecule has 0 aromatic heterocycles. The average Bonchev–Trinajstić information content (AvgIpc) is 2.41. The first-order valence-electron chi connectivity index (χ1n) is 6.76. The molecule has 3 nitrogen and oxygen atoms in total. The van der Waals surface area contributed by atoms with Crippen molar-refractivity contribution in [3.8, 4) is 0 Å². The molecule has 1 heterocycles. The molecule has 2 atom stereocenters. The van der Waals surface area contributed by atoms with Gasteiger partial charge in [0.2, 0.25) is 5.91 Å². The fourth-order valence-electron chi connectivity index (χ4n) is 2.34. The van der Waals surface area contributed by atoms with Gasteiger partial charge in [-0.25, -0.2) is 0 Å². The van der Waals surface area contributed by atoms with Crippen molar-refractivity contribution >= 4 is 21.8 Å². The van der Waals surface area contributed by atoms with Crippen molar-refractivity contribution < 1.29 is 9.90 Å². The topological polar surface area (TPSA) is 40.5 Å². The average molecular weight is 326 g/mol. The molecule has 1 aromatic rings. The Morgan fingerprint density at radius 2 is 2.11 bits per heavy atom. The van der Waals surface area contributed by atoms with Gasteiger partial charge in [-0.3, -0.25) is 4.79 Å². The molecule has 0 saturated carbocycles. The van der Waals surface area contributed by atoms with Crippen LogP contribution in [-0.2, 0) is 11.2 Å². The van der Waals surface area contributed by atoms with Crippen molar-refractivity contribution in [3.63, 3.8) is 0 Å². The number of nitrogens with zero attached hydrogens (tertiary/aromatic N) is 1. The number of piperidine rings is 1. The van der Waals surface area contributed by atoms with E-state index in [4.69, 9.17) is 0 Å². The number of carbonyl (C=O) groups excluding carboxylic acids is 1. The molecule has 104 valence electrons. The molecule has 1 saturated heterocycles. The lowest BCUT2D eigenvalue weighted by Crippen LogP contribution is -2.45. The summed E-state index contributed by atoms with van der Waals surface area (Å²) in [5.41, 5.74) is 1.17. The number of rotatable bonds is 3. The van der Waals surface area contributed by atoms with E-state index in [2.05, 4.69) is 15.9 Å². The van der Waals surface area contributed by atoms with E-state index in [0.717, 1.165) is 23.9 Å². The molecule has 1 N–H and O–H groups in total. The van der Waals surface area contributed by atoms with Gasteiger partial charge < -0.3 is 10.0 Å². The number of halogens is 1. The number of hydrogen-bond donors (Lipinski definition) is 1.